The lowest BCUT2D eigenvalue weighted by atomic mass is 10.2. The van der Waals surface area contributed by atoms with Crippen LogP contribution in [0.15, 0.2) is 24.3 Å². The summed E-state index contributed by atoms with van der Waals surface area (Å²) in [5.41, 5.74) is 2.66. The molecule has 0 saturated carbocycles. The standard InChI is InChI=1S/C8H10.C6H12O2/c1-7-3-5-8(2)6-4-7;1-5-3-7-6(2)8-4-5/h3-6H,1-2H3;5-6H,3-4H2,1-2H3. The van der Waals surface area contributed by atoms with Crippen molar-refractivity contribution in [3.63, 3.8) is 0 Å². The van der Waals surface area contributed by atoms with Crippen LogP contribution >= 0.6 is 0 Å². The van der Waals surface area contributed by atoms with E-state index >= 15 is 0 Å². The molecule has 0 amide bonds. The summed E-state index contributed by atoms with van der Waals surface area (Å²) in [6.45, 7) is 9.93. The van der Waals surface area contributed by atoms with Crippen LogP contribution in [0, 0.1) is 19.8 Å². The van der Waals surface area contributed by atoms with Gasteiger partial charge in [0.15, 0.2) is 6.29 Å². The maximum absolute atomic E-state index is 5.17. The number of ether oxygens (including phenoxy) is 2. The summed E-state index contributed by atoms with van der Waals surface area (Å²) in [7, 11) is 0. The molecule has 1 heterocycles. The summed E-state index contributed by atoms with van der Waals surface area (Å²) in [5.74, 6) is 0.575. The van der Waals surface area contributed by atoms with Crippen molar-refractivity contribution in [2.75, 3.05) is 13.2 Å². The molecule has 2 nitrogen and oxygen atoms in total. The lowest BCUT2D eigenvalue weighted by Crippen LogP contribution is -2.27. The van der Waals surface area contributed by atoms with Crippen LogP contribution in [0.1, 0.15) is 25.0 Å². The molecule has 0 spiro atoms. The van der Waals surface area contributed by atoms with Crippen molar-refractivity contribution >= 4 is 0 Å². The van der Waals surface area contributed by atoms with Crippen molar-refractivity contribution in [3.05, 3.63) is 35.4 Å². The molecule has 16 heavy (non-hydrogen) atoms. The Morgan fingerprint density at radius 3 is 1.56 bits per heavy atom. The first-order valence-corrected chi connectivity index (χ1v) is 5.84. The maximum atomic E-state index is 5.17. The molecule has 1 aliphatic heterocycles. The van der Waals surface area contributed by atoms with Gasteiger partial charge in [-0.05, 0) is 20.8 Å². The molecule has 0 aliphatic carbocycles. The third-order valence-electron chi connectivity index (χ3n) is 2.45. The van der Waals surface area contributed by atoms with Crippen molar-refractivity contribution in [2.24, 2.45) is 5.92 Å². The first-order chi connectivity index (χ1) is 7.58. The van der Waals surface area contributed by atoms with E-state index in [0.29, 0.717) is 5.92 Å². The highest BCUT2D eigenvalue weighted by atomic mass is 16.7. The van der Waals surface area contributed by atoms with E-state index in [0.717, 1.165) is 13.2 Å². The van der Waals surface area contributed by atoms with E-state index in [-0.39, 0.29) is 6.29 Å². The molecule has 1 fully saturated rings. The Balaban J connectivity index is 0.000000160. The van der Waals surface area contributed by atoms with Crippen LogP contribution < -0.4 is 0 Å². The lowest BCUT2D eigenvalue weighted by molar-refractivity contribution is -0.187. The minimum absolute atomic E-state index is 0.0196. The Labute approximate surface area is 98.6 Å². The number of benzene rings is 1. The van der Waals surface area contributed by atoms with Crippen molar-refractivity contribution in [1.82, 2.24) is 0 Å². The van der Waals surface area contributed by atoms with Crippen LogP contribution in [0.4, 0.5) is 0 Å². The molecule has 0 bridgehead atoms. The lowest BCUT2D eigenvalue weighted by Gasteiger charge is -2.24. The SMILES string of the molecule is CC1COC(C)OC1.Cc1ccc(C)cc1. The van der Waals surface area contributed by atoms with Gasteiger partial charge in [-0.2, -0.15) is 0 Å². The summed E-state index contributed by atoms with van der Waals surface area (Å²) >= 11 is 0. The van der Waals surface area contributed by atoms with Crippen LogP contribution in [-0.4, -0.2) is 19.5 Å². The highest BCUT2D eigenvalue weighted by Gasteiger charge is 2.13. The quantitative estimate of drug-likeness (QED) is 0.670. The Bertz CT molecular complexity index is 253. The average molecular weight is 222 g/mol. The molecule has 0 unspecified atom stereocenters. The first-order valence-electron chi connectivity index (χ1n) is 5.84. The van der Waals surface area contributed by atoms with Gasteiger partial charge in [0.1, 0.15) is 0 Å². The van der Waals surface area contributed by atoms with Gasteiger partial charge in [0, 0.05) is 5.92 Å². The number of rotatable bonds is 0. The third-order valence-corrected chi connectivity index (χ3v) is 2.45. The topological polar surface area (TPSA) is 18.5 Å². The van der Waals surface area contributed by atoms with E-state index in [2.05, 4.69) is 45.0 Å². The fourth-order valence-electron chi connectivity index (χ4n) is 1.33. The van der Waals surface area contributed by atoms with Gasteiger partial charge < -0.3 is 9.47 Å². The molecule has 1 aromatic carbocycles. The molecule has 2 rings (SSSR count). The van der Waals surface area contributed by atoms with Crippen molar-refractivity contribution < 1.29 is 9.47 Å². The zero-order valence-corrected chi connectivity index (χ0v) is 10.7. The molecule has 2 heteroatoms. The van der Waals surface area contributed by atoms with Gasteiger partial charge in [-0.25, -0.2) is 0 Å². The summed E-state index contributed by atoms with van der Waals surface area (Å²) < 4.78 is 10.3. The van der Waals surface area contributed by atoms with Gasteiger partial charge >= 0.3 is 0 Å². The molecular formula is C14H22O2. The maximum Gasteiger partial charge on any atom is 0.154 e. The third kappa shape index (κ3) is 5.29. The van der Waals surface area contributed by atoms with Gasteiger partial charge in [-0.1, -0.05) is 42.3 Å². The second kappa shape index (κ2) is 6.66. The van der Waals surface area contributed by atoms with Crippen molar-refractivity contribution in [1.29, 1.82) is 0 Å². The van der Waals surface area contributed by atoms with Crippen LogP contribution in [0.25, 0.3) is 0 Å². The van der Waals surface area contributed by atoms with E-state index < -0.39 is 0 Å². The van der Waals surface area contributed by atoms with Crippen LogP contribution in [0.2, 0.25) is 0 Å². The van der Waals surface area contributed by atoms with E-state index in [1.807, 2.05) is 6.92 Å². The molecule has 0 aromatic heterocycles. The Morgan fingerprint density at radius 1 is 0.875 bits per heavy atom. The fourth-order valence-corrected chi connectivity index (χ4v) is 1.33. The Hall–Kier alpha value is -0.860. The summed E-state index contributed by atoms with van der Waals surface area (Å²) in [4.78, 5) is 0. The second-order valence-corrected chi connectivity index (χ2v) is 4.49. The predicted octanol–water partition coefficient (Wildman–Crippen LogP) is 3.32. The largest absolute Gasteiger partial charge is 0.353 e. The Morgan fingerprint density at radius 2 is 1.25 bits per heavy atom. The number of hydrogen-bond acceptors (Lipinski definition) is 2. The minimum Gasteiger partial charge on any atom is -0.353 e. The molecule has 90 valence electrons. The molecule has 0 radical (unpaired) electrons. The zero-order valence-electron chi connectivity index (χ0n) is 10.7. The van der Waals surface area contributed by atoms with Crippen molar-refractivity contribution in [3.8, 4) is 0 Å². The summed E-state index contributed by atoms with van der Waals surface area (Å²) in [5, 5.41) is 0. The number of aryl methyl sites for hydroxylation is 2. The van der Waals surface area contributed by atoms with Crippen LogP contribution in [0.3, 0.4) is 0 Å². The normalized spacial score (nSPS) is 24.5. The van der Waals surface area contributed by atoms with E-state index in [1.54, 1.807) is 0 Å². The van der Waals surface area contributed by atoms with Crippen LogP contribution in [0.5, 0.6) is 0 Å². The molecule has 0 N–H and O–H groups in total. The predicted molar refractivity (Wildman–Crippen MR) is 66.4 cm³/mol. The summed E-state index contributed by atoms with van der Waals surface area (Å²) in [6.07, 6.45) is 0.0196. The van der Waals surface area contributed by atoms with Gasteiger partial charge in [0.2, 0.25) is 0 Å². The smallest absolute Gasteiger partial charge is 0.154 e. The minimum atomic E-state index is 0.0196. The molecule has 0 atom stereocenters. The second-order valence-electron chi connectivity index (χ2n) is 4.49. The highest BCUT2D eigenvalue weighted by molar-refractivity contribution is 5.19. The monoisotopic (exact) mass is 222 g/mol. The fraction of sp³-hybridized carbons (Fsp3) is 0.571. The summed E-state index contributed by atoms with van der Waals surface area (Å²) in [6, 6.07) is 8.48. The van der Waals surface area contributed by atoms with Gasteiger partial charge in [0.25, 0.3) is 0 Å². The molecule has 1 aliphatic rings. The van der Waals surface area contributed by atoms with Crippen LogP contribution in [-0.2, 0) is 9.47 Å². The highest BCUT2D eigenvalue weighted by Crippen LogP contribution is 2.08. The van der Waals surface area contributed by atoms with E-state index in [4.69, 9.17) is 9.47 Å². The molecular weight excluding hydrogens is 200 g/mol. The van der Waals surface area contributed by atoms with Gasteiger partial charge in [-0.15, -0.1) is 0 Å². The molecule has 1 saturated heterocycles. The first kappa shape index (κ1) is 13.2. The Kier molecular flexibility index (Phi) is 5.50. The average Bonchev–Trinajstić information content (AvgIpc) is 2.28. The van der Waals surface area contributed by atoms with Gasteiger partial charge in [0.05, 0.1) is 13.2 Å². The zero-order chi connectivity index (χ0) is 12.0. The van der Waals surface area contributed by atoms with Crippen molar-refractivity contribution in [2.45, 2.75) is 34.0 Å². The van der Waals surface area contributed by atoms with E-state index in [9.17, 15) is 0 Å². The van der Waals surface area contributed by atoms with Gasteiger partial charge in [-0.3, -0.25) is 0 Å². The number of hydrogen-bond donors (Lipinski definition) is 0. The van der Waals surface area contributed by atoms with E-state index in [1.165, 1.54) is 11.1 Å². The molecule has 1 aromatic rings.